The molecular formula is C11H11IN2O2S. The zero-order valence-electron chi connectivity index (χ0n) is 9.35. The second kappa shape index (κ2) is 5.54. The normalized spacial score (nSPS) is 9.76. The Labute approximate surface area is 120 Å². The third kappa shape index (κ3) is 3.01. The molecule has 0 saturated heterocycles. The Morgan fingerprint density at radius 3 is 2.76 bits per heavy atom. The summed E-state index contributed by atoms with van der Waals surface area (Å²) in [6.07, 6.45) is 3.84. The smallest absolute Gasteiger partial charge is 0.347 e. The summed E-state index contributed by atoms with van der Waals surface area (Å²) in [6, 6.07) is 3.83. The summed E-state index contributed by atoms with van der Waals surface area (Å²) in [5.41, 5.74) is 1.50. The van der Waals surface area contributed by atoms with E-state index in [4.69, 9.17) is 5.11 Å². The van der Waals surface area contributed by atoms with E-state index in [0.717, 1.165) is 10.6 Å². The van der Waals surface area contributed by atoms with E-state index >= 15 is 0 Å². The number of carbonyl (C=O) groups is 1. The molecule has 90 valence electrons. The average Bonchev–Trinajstić information content (AvgIpc) is 2.60. The van der Waals surface area contributed by atoms with Gasteiger partial charge in [-0.05, 0) is 13.0 Å². The molecule has 17 heavy (non-hydrogen) atoms. The topological polar surface area (TPSA) is 54.1 Å². The molecule has 0 atom stereocenters. The van der Waals surface area contributed by atoms with Crippen LogP contribution in [-0.4, -0.2) is 16.1 Å². The Hall–Kier alpha value is -1.02. The van der Waals surface area contributed by atoms with E-state index in [-0.39, 0.29) is 24.0 Å². The number of pyridine rings is 1. The third-order valence-electron chi connectivity index (χ3n) is 2.18. The monoisotopic (exact) mass is 362 g/mol. The molecule has 0 amide bonds. The molecule has 0 saturated carbocycles. The van der Waals surface area contributed by atoms with E-state index in [1.165, 1.54) is 11.3 Å². The van der Waals surface area contributed by atoms with Gasteiger partial charge in [-0.2, -0.15) is 0 Å². The lowest BCUT2D eigenvalue weighted by molar-refractivity contribution is -0.671. The molecular weight excluding hydrogens is 351 g/mol. The van der Waals surface area contributed by atoms with Crippen molar-refractivity contribution < 1.29 is 38.4 Å². The van der Waals surface area contributed by atoms with Gasteiger partial charge >= 0.3 is 5.97 Å². The van der Waals surface area contributed by atoms with Crippen molar-refractivity contribution in [3.63, 3.8) is 0 Å². The van der Waals surface area contributed by atoms with Gasteiger partial charge in [0.2, 0.25) is 0 Å². The number of hydrogen-bond acceptors (Lipinski definition) is 3. The molecule has 0 aliphatic carbocycles. The van der Waals surface area contributed by atoms with Crippen LogP contribution >= 0.6 is 11.3 Å². The molecule has 0 aromatic carbocycles. The maximum atomic E-state index is 10.9. The van der Waals surface area contributed by atoms with Crippen molar-refractivity contribution >= 4 is 17.3 Å². The van der Waals surface area contributed by atoms with Crippen LogP contribution in [0.1, 0.15) is 15.4 Å². The number of carboxylic acids is 1. The van der Waals surface area contributed by atoms with Gasteiger partial charge in [-0.1, -0.05) is 0 Å². The predicted octanol–water partition coefficient (Wildman–Crippen LogP) is -1.35. The van der Waals surface area contributed by atoms with Crippen molar-refractivity contribution in [1.29, 1.82) is 0 Å². The summed E-state index contributed by atoms with van der Waals surface area (Å²) in [5, 5.41) is 9.69. The number of aromatic nitrogens is 2. The maximum Gasteiger partial charge on any atom is 0.347 e. The molecule has 2 heterocycles. The van der Waals surface area contributed by atoms with Gasteiger partial charge in [-0.3, -0.25) is 0 Å². The first-order chi connectivity index (χ1) is 7.58. The van der Waals surface area contributed by atoms with Crippen LogP contribution in [0.15, 0.2) is 24.5 Å². The number of thiazole rings is 1. The summed E-state index contributed by atoms with van der Waals surface area (Å²) < 4.78 is 1.91. The molecule has 0 spiro atoms. The predicted molar refractivity (Wildman–Crippen MR) is 60.4 cm³/mol. The first-order valence-corrected chi connectivity index (χ1v) is 5.56. The molecule has 0 aliphatic rings. The van der Waals surface area contributed by atoms with E-state index in [0.29, 0.717) is 10.6 Å². The van der Waals surface area contributed by atoms with E-state index in [1.54, 1.807) is 6.92 Å². The molecule has 0 bridgehead atoms. The molecule has 2 aromatic heterocycles. The number of carboxylic acid groups (broad SMARTS) is 1. The second-order valence-electron chi connectivity index (χ2n) is 3.50. The van der Waals surface area contributed by atoms with Gasteiger partial charge < -0.3 is 29.1 Å². The number of nitrogens with zero attached hydrogens (tertiary/aromatic N) is 2. The number of hydrogen-bond donors (Lipinski definition) is 1. The summed E-state index contributed by atoms with van der Waals surface area (Å²) in [5.74, 6) is -0.915. The van der Waals surface area contributed by atoms with Gasteiger partial charge in [0.05, 0.1) is 11.3 Å². The van der Waals surface area contributed by atoms with Gasteiger partial charge in [-0.15, -0.1) is 11.3 Å². The van der Waals surface area contributed by atoms with Crippen LogP contribution in [0.5, 0.6) is 0 Å². The van der Waals surface area contributed by atoms with Crippen molar-refractivity contribution in [2.45, 2.75) is 6.92 Å². The van der Waals surface area contributed by atoms with Crippen molar-refractivity contribution in [3.8, 4) is 10.6 Å². The van der Waals surface area contributed by atoms with Crippen LogP contribution in [0.3, 0.4) is 0 Å². The fourth-order valence-electron chi connectivity index (χ4n) is 1.43. The summed E-state index contributed by atoms with van der Waals surface area (Å²) >= 11 is 1.21. The summed E-state index contributed by atoms with van der Waals surface area (Å²) in [6.45, 7) is 1.71. The molecule has 2 aromatic rings. The van der Waals surface area contributed by atoms with Gasteiger partial charge in [-0.25, -0.2) is 14.3 Å². The Balaban J connectivity index is 0.00000144. The Bertz CT molecular complexity index is 554. The van der Waals surface area contributed by atoms with Crippen molar-refractivity contribution in [2.24, 2.45) is 7.05 Å². The zero-order valence-corrected chi connectivity index (χ0v) is 12.3. The van der Waals surface area contributed by atoms with Crippen LogP contribution in [0.25, 0.3) is 10.6 Å². The lowest BCUT2D eigenvalue weighted by atomic mass is 10.3. The Kier molecular flexibility index (Phi) is 4.58. The van der Waals surface area contributed by atoms with E-state index in [2.05, 4.69) is 4.98 Å². The van der Waals surface area contributed by atoms with Crippen LogP contribution in [-0.2, 0) is 7.05 Å². The average molecular weight is 362 g/mol. The first kappa shape index (κ1) is 14.0. The highest BCUT2D eigenvalue weighted by molar-refractivity contribution is 7.17. The number of aromatic carboxylic acids is 1. The highest BCUT2D eigenvalue weighted by Crippen LogP contribution is 2.26. The van der Waals surface area contributed by atoms with Crippen LogP contribution in [0, 0.1) is 6.92 Å². The highest BCUT2D eigenvalue weighted by atomic mass is 127. The van der Waals surface area contributed by atoms with Crippen molar-refractivity contribution in [1.82, 2.24) is 4.98 Å². The molecule has 0 radical (unpaired) electrons. The minimum Gasteiger partial charge on any atom is -1.00 e. The first-order valence-electron chi connectivity index (χ1n) is 4.74. The fourth-order valence-corrected chi connectivity index (χ4v) is 2.33. The summed E-state index contributed by atoms with van der Waals surface area (Å²) in [4.78, 5) is 15.5. The molecule has 2 rings (SSSR count). The maximum absolute atomic E-state index is 10.9. The van der Waals surface area contributed by atoms with Crippen molar-refractivity contribution in [2.75, 3.05) is 0 Å². The minimum atomic E-state index is -0.915. The largest absolute Gasteiger partial charge is 1.00 e. The SMILES string of the molecule is Cc1nc(-c2ccc[n+](C)c2)sc1C(=O)O.[I-]. The molecule has 0 aliphatic heterocycles. The lowest BCUT2D eigenvalue weighted by Crippen LogP contribution is -3.00. The Morgan fingerprint density at radius 2 is 2.24 bits per heavy atom. The molecule has 1 N–H and O–H groups in total. The Morgan fingerprint density at radius 1 is 1.53 bits per heavy atom. The van der Waals surface area contributed by atoms with Gasteiger partial charge in [0, 0.05) is 6.07 Å². The molecule has 4 nitrogen and oxygen atoms in total. The number of halogens is 1. The quantitative estimate of drug-likeness (QED) is 0.531. The van der Waals surface area contributed by atoms with E-state index < -0.39 is 5.97 Å². The standard InChI is InChI=1S/C11H10N2O2S.HI/c1-7-9(11(14)15)16-10(12-7)8-4-3-5-13(2)6-8;/h3-6H,1-2H3;1H. The second-order valence-corrected chi connectivity index (χ2v) is 4.50. The lowest BCUT2D eigenvalue weighted by Gasteiger charge is -1.92. The number of aryl methyl sites for hydroxylation is 2. The molecule has 0 unspecified atom stereocenters. The summed E-state index contributed by atoms with van der Waals surface area (Å²) in [7, 11) is 1.92. The molecule has 6 heteroatoms. The number of rotatable bonds is 2. The minimum absolute atomic E-state index is 0. The van der Waals surface area contributed by atoms with Gasteiger partial charge in [0.15, 0.2) is 12.4 Å². The van der Waals surface area contributed by atoms with Gasteiger partial charge in [0.1, 0.15) is 16.9 Å². The van der Waals surface area contributed by atoms with Crippen LogP contribution in [0.4, 0.5) is 0 Å². The van der Waals surface area contributed by atoms with Crippen LogP contribution < -0.4 is 28.5 Å². The molecule has 0 fully saturated rings. The highest BCUT2D eigenvalue weighted by Gasteiger charge is 2.15. The fraction of sp³-hybridized carbons (Fsp3) is 0.182. The van der Waals surface area contributed by atoms with Crippen LogP contribution in [0.2, 0.25) is 0 Å². The van der Waals surface area contributed by atoms with Crippen molar-refractivity contribution in [3.05, 3.63) is 35.1 Å². The third-order valence-corrected chi connectivity index (χ3v) is 3.37. The van der Waals surface area contributed by atoms with E-state index in [9.17, 15) is 4.79 Å². The zero-order chi connectivity index (χ0) is 11.7. The van der Waals surface area contributed by atoms with Gasteiger partial charge in [0.25, 0.3) is 0 Å². The van der Waals surface area contributed by atoms with E-state index in [1.807, 2.05) is 36.1 Å².